The number of allylic oxidation sites excluding steroid dienone is 2. The monoisotopic (exact) mass is 316 g/mol. The Morgan fingerprint density at radius 2 is 1.12 bits per heavy atom. The first-order valence-electron chi connectivity index (χ1n) is 9.54. The molecule has 0 aliphatic heterocycles. The molecular weight excluding hydrogens is 296 g/mol. The van der Waals surface area contributed by atoms with E-state index in [2.05, 4.69) is 12.2 Å². The Morgan fingerprint density at radius 1 is 0.708 bits per heavy atom. The summed E-state index contributed by atoms with van der Waals surface area (Å²) in [5.41, 5.74) is 0.990. The van der Waals surface area contributed by atoms with Gasteiger partial charge in [0.25, 0.3) is 0 Å². The summed E-state index contributed by atoms with van der Waals surface area (Å²) in [5, 5.41) is 0. The Kier molecular flexibility index (Phi) is 1.69. The van der Waals surface area contributed by atoms with Crippen molar-refractivity contribution in [3.63, 3.8) is 0 Å². The van der Waals surface area contributed by atoms with Crippen molar-refractivity contribution in [2.45, 2.75) is 38.5 Å². The van der Waals surface area contributed by atoms with Crippen LogP contribution in [0.5, 0.6) is 0 Å². The molecule has 2 spiro atoms. The highest BCUT2D eigenvalue weighted by Gasteiger charge is 3.00. The lowest BCUT2D eigenvalue weighted by molar-refractivity contribution is -0.251. The first kappa shape index (κ1) is 12.6. The molecule has 120 valence electrons. The van der Waals surface area contributed by atoms with Gasteiger partial charge >= 0.3 is 0 Å². The predicted octanol–water partition coefficient (Wildman–Crippen LogP) is 4.21. The van der Waals surface area contributed by atoms with Crippen LogP contribution in [0.25, 0.3) is 0 Å². The average Bonchev–Trinajstić information content (AvgIpc) is 3.51. The normalized spacial score (nSPS) is 46.3. The molecule has 1 aromatic carbocycles. The quantitative estimate of drug-likeness (QED) is 0.672. The summed E-state index contributed by atoms with van der Waals surface area (Å²) >= 11 is 0. The summed E-state index contributed by atoms with van der Waals surface area (Å²) in [6.45, 7) is 0. The number of fused-ring (bicyclic) bond motifs is 3. The van der Waals surface area contributed by atoms with Crippen LogP contribution in [0.15, 0.2) is 36.4 Å². The number of carbonyl (C=O) groups excluding carboxylic acids is 2. The molecular formula is C22H20O2. The topological polar surface area (TPSA) is 34.1 Å². The molecule has 2 heteroatoms. The predicted molar refractivity (Wildman–Crippen MR) is 88.7 cm³/mol. The first-order chi connectivity index (χ1) is 11.7. The van der Waals surface area contributed by atoms with E-state index in [9.17, 15) is 9.59 Å². The smallest absolute Gasteiger partial charge is 0.171 e. The number of hydrogen-bond acceptors (Lipinski definition) is 2. The third-order valence-corrected chi connectivity index (χ3v) is 9.16. The maximum absolute atomic E-state index is 13.9. The summed E-state index contributed by atoms with van der Waals surface area (Å²) < 4.78 is 0. The van der Waals surface area contributed by atoms with Crippen molar-refractivity contribution < 1.29 is 9.59 Å². The van der Waals surface area contributed by atoms with Crippen LogP contribution in [0.2, 0.25) is 0 Å². The maximum atomic E-state index is 13.9. The minimum absolute atomic E-state index is 0.161. The van der Waals surface area contributed by atoms with Crippen LogP contribution in [0, 0.1) is 33.5 Å². The maximum Gasteiger partial charge on any atom is 0.171 e. The third kappa shape index (κ3) is 0.799. The number of carbonyl (C=O) groups is 2. The lowest BCUT2D eigenvalue weighted by Crippen LogP contribution is -2.83. The summed E-state index contributed by atoms with van der Waals surface area (Å²) in [4.78, 5) is 27.9. The van der Waals surface area contributed by atoms with Crippen molar-refractivity contribution >= 4 is 11.6 Å². The van der Waals surface area contributed by atoms with Gasteiger partial charge in [-0.05, 0) is 61.2 Å². The van der Waals surface area contributed by atoms with E-state index in [1.807, 2.05) is 24.3 Å². The van der Waals surface area contributed by atoms with E-state index in [-0.39, 0.29) is 21.7 Å². The molecule has 0 radical (unpaired) electrons. The third-order valence-electron chi connectivity index (χ3n) is 9.16. The van der Waals surface area contributed by atoms with Crippen LogP contribution in [-0.2, 0) is 0 Å². The van der Waals surface area contributed by atoms with E-state index >= 15 is 0 Å². The molecule has 8 rings (SSSR count). The number of benzene rings is 1. The van der Waals surface area contributed by atoms with Gasteiger partial charge in [0.2, 0.25) is 0 Å². The van der Waals surface area contributed by atoms with E-state index in [0.29, 0.717) is 23.4 Å². The Hall–Kier alpha value is -1.70. The molecule has 0 amide bonds. The van der Waals surface area contributed by atoms with Crippen molar-refractivity contribution in [1.29, 1.82) is 0 Å². The van der Waals surface area contributed by atoms with Crippen LogP contribution in [0.3, 0.4) is 0 Å². The summed E-state index contributed by atoms with van der Waals surface area (Å²) in [7, 11) is 0. The summed E-state index contributed by atoms with van der Waals surface area (Å²) in [6, 6.07) is 7.67. The van der Waals surface area contributed by atoms with Crippen molar-refractivity contribution in [2.24, 2.45) is 33.5 Å². The molecule has 0 saturated heterocycles. The Balaban J connectivity index is 1.66. The van der Waals surface area contributed by atoms with Gasteiger partial charge in [0.1, 0.15) is 0 Å². The van der Waals surface area contributed by atoms with Gasteiger partial charge in [-0.25, -0.2) is 0 Å². The molecule has 7 aliphatic carbocycles. The zero-order valence-corrected chi connectivity index (χ0v) is 13.7. The van der Waals surface area contributed by atoms with Crippen molar-refractivity contribution in [2.75, 3.05) is 0 Å². The van der Waals surface area contributed by atoms with Gasteiger partial charge in [0, 0.05) is 11.1 Å². The standard InChI is InChI=1S/C22H20O2/c23-17-15-3-1-2-4-16(15)18(24)22-14-7-5-13(6-8-14)21(17,22)19(9-10-19)20(22)11-12-20/h1-5,7,13-14H,6,8-12H2. The lowest BCUT2D eigenvalue weighted by Gasteiger charge is -2.79. The van der Waals surface area contributed by atoms with Crippen LogP contribution >= 0.6 is 0 Å². The fraction of sp³-hybridized carbons (Fsp3) is 0.545. The highest BCUT2D eigenvalue weighted by Crippen LogP contribution is 3.00. The first-order valence-corrected chi connectivity index (χ1v) is 9.54. The minimum atomic E-state index is -0.389. The Bertz CT molecular complexity index is 827. The second-order valence-electron chi connectivity index (χ2n) is 9.16. The van der Waals surface area contributed by atoms with Gasteiger partial charge < -0.3 is 0 Å². The second-order valence-corrected chi connectivity index (χ2v) is 9.16. The minimum Gasteiger partial charge on any atom is -0.293 e. The van der Waals surface area contributed by atoms with Gasteiger partial charge in [-0.1, -0.05) is 36.4 Å². The molecule has 7 aliphatic rings. The van der Waals surface area contributed by atoms with Crippen molar-refractivity contribution in [1.82, 2.24) is 0 Å². The Labute approximate surface area is 141 Å². The molecule has 0 aromatic heterocycles. The number of rotatable bonds is 0. The largest absolute Gasteiger partial charge is 0.293 e. The molecule has 4 unspecified atom stereocenters. The summed E-state index contributed by atoms with van der Waals surface area (Å²) in [5.74, 6) is 1.24. The van der Waals surface area contributed by atoms with Crippen LogP contribution in [0.1, 0.15) is 59.2 Å². The van der Waals surface area contributed by atoms with Gasteiger partial charge in [-0.2, -0.15) is 0 Å². The van der Waals surface area contributed by atoms with E-state index < -0.39 is 0 Å². The molecule has 1 aromatic rings. The van der Waals surface area contributed by atoms with E-state index in [4.69, 9.17) is 0 Å². The second kappa shape index (κ2) is 3.21. The molecule has 2 bridgehead atoms. The van der Waals surface area contributed by atoms with Gasteiger partial charge in [0.15, 0.2) is 11.6 Å². The van der Waals surface area contributed by atoms with E-state index in [1.54, 1.807) is 0 Å². The highest BCUT2D eigenvalue weighted by molar-refractivity contribution is 6.23. The molecule has 4 saturated carbocycles. The molecule has 2 nitrogen and oxygen atoms in total. The number of ketones is 2. The van der Waals surface area contributed by atoms with Gasteiger partial charge in [-0.15, -0.1) is 0 Å². The number of hydrogen-bond donors (Lipinski definition) is 0. The van der Waals surface area contributed by atoms with Crippen LogP contribution in [-0.4, -0.2) is 11.6 Å². The van der Waals surface area contributed by atoms with Crippen molar-refractivity contribution in [3.05, 3.63) is 47.5 Å². The molecule has 0 heterocycles. The summed E-state index contributed by atoms with van der Waals surface area (Å²) in [6.07, 6.45) is 11.5. The lowest BCUT2D eigenvalue weighted by atomic mass is 9.21. The van der Waals surface area contributed by atoms with Gasteiger partial charge in [-0.3, -0.25) is 9.59 Å². The fourth-order valence-corrected chi connectivity index (χ4v) is 8.71. The van der Waals surface area contributed by atoms with Crippen LogP contribution in [0.4, 0.5) is 0 Å². The zero-order chi connectivity index (χ0) is 15.9. The van der Waals surface area contributed by atoms with Crippen molar-refractivity contribution in [3.8, 4) is 0 Å². The van der Waals surface area contributed by atoms with Crippen LogP contribution < -0.4 is 0 Å². The SMILES string of the molecule is O=C1c2ccccc2C(=O)C23C4C=CC(CC4)C12C1(CC1)C31CC1. The Morgan fingerprint density at radius 3 is 1.46 bits per heavy atom. The fourth-order valence-electron chi connectivity index (χ4n) is 8.71. The molecule has 0 N–H and O–H groups in total. The van der Waals surface area contributed by atoms with Gasteiger partial charge in [0.05, 0.1) is 10.8 Å². The van der Waals surface area contributed by atoms with E-state index in [0.717, 1.165) is 24.0 Å². The average molecular weight is 316 g/mol. The number of Topliss-reactive ketones (excluding diaryl/α,β-unsaturated/α-hetero) is 2. The molecule has 24 heavy (non-hydrogen) atoms. The molecule has 4 atom stereocenters. The highest BCUT2D eigenvalue weighted by atomic mass is 16.1. The zero-order valence-electron chi connectivity index (χ0n) is 13.7. The molecule has 4 fully saturated rings. The van der Waals surface area contributed by atoms with E-state index in [1.165, 1.54) is 25.7 Å².